The van der Waals surface area contributed by atoms with Crippen LogP contribution in [-0.2, 0) is 4.79 Å². The summed E-state index contributed by atoms with van der Waals surface area (Å²) < 4.78 is 5.73. The molecule has 0 fully saturated rings. The maximum atomic E-state index is 12.2. The second-order valence-electron chi connectivity index (χ2n) is 6.73. The van der Waals surface area contributed by atoms with Crippen LogP contribution in [0.4, 0.5) is 5.69 Å². The SMILES string of the molecule is CCCCCCOc1ccc(NC(=O)CNC(CC)c2ccccc2)cc1. The quantitative estimate of drug-likeness (QED) is 0.498. The highest BCUT2D eigenvalue weighted by atomic mass is 16.5. The van der Waals surface area contributed by atoms with E-state index in [4.69, 9.17) is 4.74 Å². The van der Waals surface area contributed by atoms with Crippen molar-refractivity contribution in [1.29, 1.82) is 0 Å². The predicted molar refractivity (Wildman–Crippen MR) is 112 cm³/mol. The number of hydrogen-bond acceptors (Lipinski definition) is 3. The molecule has 1 unspecified atom stereocenters. The molecule has 0 aromatic heterocycles. The average Bonchev–Trinajstić information content (AvgIpc) is 2.70. The fourth-order valence-corrected chi connectivity index (χ4v) is 2.96. The van der Waals surface area contributed by atoms with Gasteiger partial charge in [-0.2, -0.15) is 0 Å². The number of nitrogens with one attached hydrogen (secondary N) is 2. The van der Waals surface area contributed by atoms with Gasteiger partial charge in [-0.05, 0) is 42.7 Å². The van der Waals surface area contributed by atoms with E-state index in [9.17, 15) is 4.79 Å². The van der Waals surface area contributed by atoms with Gasteiger partial charge >= 0.3 is 0 Å². The summed E-state index contributed by atoms with van der Waals surface area (Å²) in [7, 11) is 0. The molecule has 2 N–H and O–H groups in total. The summed E-state index contributed by atoms with van der Waals surface area (Å²) in [5, 5.41) is 6.25. The Morgan fingerprint density at radius 2 is 1.70 bits per heavy atom. The van der Waals surface area contributed by atoms with Crippen molar-refractivity contribution in [3.63, 3.8) is 0 Å². The topological polar surface area (TPSA) is 50.4 Å². The second-order valence-corrected chi connectivity index (χ2v) is 6.73. The zero-order valence-electron chi connectivity index (χ0n) is 16.5. The molecule has 0 aliphatic rings. The van der Waals surface area contributed by atoms with Gasteiger partial charge in [0.25, 0.3) is 0 Å². The third-order valence-electron chi connectivity index (χ3n) is 4.52. The number of benzene rings is 2. The van der Waals surface area contributed by atoms with E-state index in [1.54, 1.807) is 0 Å². The number of ether oxygens (including phenoxy) is 1. The lowest BCUT2D eigenvalue weighted by Gasteiger charge is -2.17. The number of unbranched alkanes of at least 4 members (excludes halogenated alkanes) is 3. The maximum Gasteiger partial charge on any atom is 0.238 e. The fourth-order valence-electron chi connectivity index (χ4n) is 2.96. The van der Waals surface area contributed by atoms with E-state index in [-0.39, 0.29) is 18.5 Å². The first-order valence-electron chi connectivity index (χ1n) is 10.0. The number of anilines is 1. The standard InChI is InChI=1S/C23H32N2O2/c1-3-5-6-10-17-27-21-15-13-20(14-16-21)25-23(26)18-24-22(4-2)19-11-8-7-9-12-19/h7-9,11-16,22,24H,3-6,10,17-18H2,1-2H3,(H,25,26). The van der Waals surface area contributed by atoms with Crippen LogP contribution in [0.3, 0.4) is 0 Å². The van der Waals surface area contributed by atoms with E-state index < -0.39 is 0 Å². The minimum atomic E-state index is -0.0439. The van der Waals surface area contributed by atoms with Gasteiger partial charge in [0.2, 0.25) is 5.91 Å². The van der Waals surface area contributed by atoms with E-state index in [1.165, 1.54) is 24.8 Å². The Morgan fingerprint density at radius 3 is 2.37 bits per heavy atom. The van der Waals surface area contributed by atoms with E-state index in [0.717, 1.165) is 30.9 Å². The maximum absolute atomic E-state index is 12.2. The van der Waals surface area contributed by atoms with E-state index >= 15 is 0 Å². The Labute approximate surface area is 163 Å². The van der Waals surface area contributed by atoms with Gasteiger partial charge in [-0.1, -0.05) is 63.4 Å². The fraction of sp³-hybridized carbons (Fsp3) is 0.435. The molecule has 146 valence electrons. The summed E-state index contributed by atoms with van der Waals surface area (Å²) in [5.41, 5.74) is 1.99. The average molecular weight is 369 g/mol. The molecular weight excluding hydrogens is 336 g/mol. The van der Waals surface area contributed by atoms with Gasteiger partial charge < -0.3 is 15.4 Å². The zero-order valence-corrected chi connectivity index (χ0v) is 16.5. The number of amides is 1. The van der Waals surface area contributed by atoms with Crippen LogP contribution in [0.5, 0.6) is 5.75 Å². The van der Waals surface area contributed by atoms with Crippen LogP contribution < -0.4 is 15.4 Å². The number of rotatable bonds is 12. The number of carbonyl (C=O) groups is 1. The van der Waals surface area contributed by atoms with Gasteiger partial charge in [-0.3, -0.25) is 4.79 Å². The molecule has 0 spiro atoms. The Hall–Kier alpha value is -2.33. The molecule has 4 heteroatoms. The molecule has 2 aromatic carbocycles. The molecule has 0 heterocycles. The molecule has 1 atom stereocenters. The largest absolute Gasteiger partial charge is 0.494 e. The first kappa shape index (κ1) is 21.0. The number of carbonyl (C=O) groups excluding carboxylic acids is 1. The molecule has 0 aliphatic heterocycles. The van der Waals surface area contributed by atoms with Crippen LogP contribution in [0.2, 0.25) is 0 Å². The van der Waals surface area contributed by atoms with Gasteiger partial charge in [0.1, 0.15) is 5.75 Å². The van der Waals surface area contributed by atoms with Gasteiger partial charge in [-0.15, -0.1) is 0 Å². The van der Waals surface area contributed by atoms with Crippen molar-refractivity contribution in [2.45, 2.75) is 52.0 Å². The molecule has 0 radical (unpaired) electrons. The molecule has 0 saturated heterocycles. The lowest BCUT2D eigenvalue weighted by Crippen LogP contribution is -2.31. The molecule has 27 heavy (non-hydrogen) atoms. The zero-order chi connectivity index (χ0) is 19.3. The Balaban J connectivity index is 1.73. The van der Waals surface area contributed by atoms with Crippen LogP contribution >= 0.6 is 0 Å². The van der Waals surface area contributed by atoms with E-state index in [2.05, 4.69) is 36.6 Å². The highest BCUT2D eigenvalue weighted by Gasteiger charge is 2.10. The molecule has 0 bridgehead atoms. The monoisotopic (exact) mass is 368 g/mol. The van der Waals surface area contributed by atoms with Crippen LogP contribution in [0.1, 0.15) is 57.6 Å². The molecule has 0 aliphatic carbocycles. The molecule has 0 saturated carbocycles. The lowest BCUT2D eigenvalue weighted by molar-refractivity contribution is -0.115. The summed E-state index contributed by atoms with van der Waals surface area (Å²) in [6.45, 7) is 5.34. The minimum absolute atomic E-state index is 0.0439. The van der Waals surface area contributed by atoms with E-state index in [0.29, 0.717) is 0 Å². The normalized spacial score (nSPS) is 11.8. The Kier molecular flexibility index (Phi) is 9.42. The lowest BCUT2D eigenvalue weighted by atomic mass is 10.0. The highest BCUT2D eigenvalue weighted by molar-refractivity contribution is 5.92. The summed E-state index contributed by atoms with van der Waals surface area (Å²) >= 11 is 0. The van der Waals surface area contributed by atoms with Gasteiger partial charge in [0.05, 0.1) is 13.2 Å². The third kappa shape index (κ3) is 7.83. The summed E-state index contributed by atoms with van der Waals surface area (Å²) in [4.78, 5) is 12.2. The minimum Gasteiger partial charge on any atom is -0.494 e. The van der Waals surface area contributed by atoms with Crippen molar-refractivity contribution < 1.29 is 9.53 Å². The first-order valence-corrected chi connectivity index (χ1v) is 10.0. The Bertz CT molecular complexity index is 656. The van der Waals surface area contributed by atoms with Gasteiger partial charge in [0, 0.05) is 11.7 Å². The Morgan fingerprint density at radius 1 is 0.963 bits per heavy atom. The first-order chi connectivity index (χ1) is 13.2. The van der Waals surface area contributed by atoms with Crippen LogP contribution in [0.15, 0.2) is 54.6 Å². The number of hydrogen-bond donors (Lipinski definition) is 2. The molecule has 2 aromatic rings. The van der Waals surface area contributed by atoms with Crippen LogP contribution in [0, 0.1) is 0 Å². The summed E-state index contributed by atoms with van der Waals surface area (Å²) in [6.07, 6.45) is 5.71. The predicted octanol–water partition coefficient (Wildman–Crippen LogP) is 5.33. The third-order valence-corrected chi connectivity index (χ3v) is 4.52. The van der Waals surface area contributed by atoms with Crippen molar-refractivity contribution >= 4 is 11.6 Å². The van der Waals surface area contributed by atoms with Gasteiger partial charge in [-0.25, -0.2) is 0 Å². The van der Waals surface area contributed by atoms with Crippen molar-refractivity contribution in [3.8, 4) is 5.75 Å². The smallest absolute Gasteiger partial charge is 0.238 e. The second kappa shape index (κ2) is 12.1. The summed E-state index contributed by atoms with van der Waals surface area (Å²) in [5.74, 6) is 0.801. The molecule has 2 rings (SSSR count). The van der Waals surface area contributed by atoms with Gasteiger partial charge in [0.15, 0.2) is 0 Å². The van der Waals surface area contributed by atoms with Crippen molar-refractivity contribution in [3.05, 3.63) is 60.2 Å². The van der Waals surface area contributed by atoms with Crippen molar-refractivity contribution in [2.75, 3.05) is 18.5 Å². The summed E-state index contributed by atoms with van der Waals surface area (Å²) in [6, 6.07) is 18.0. The molecule has 1 amide bonds. The van der Waals surface area contributed by atoms with Crippen LogP contribution in [0.25, 0.3) is 0 Å². The van der Waals surface area contributed by atoms with E-state index in [1.807, 2.05) is 42.5 Å². The van der Waals surface area contributed by atoms with Crippen LogP contribution in [-0.4, -0.2) is 19.1 Å². The van der Waals surface area contributed by atoms with Crippen molar-refractivity contribution in [2.24, 2.45) is 0 Å². The molecular formula is C23H32N2O2. The highest BCUT2D eigenvalue weighted by Crippen LogP contribution is 2.17. The van der Waals surface area contributed by atoms with Crippen molar-refractivity contribution in [1.82, 2.24) is 5.32 Å². The molecule has 4 nitrogen and oxygen atoms in total.